The standard InChI is InChI=1S/C23H34N2O/c1-3-5-15-25(16-6-4-2)17-14-20-12-13-23(22(24)18-20)26-19-21-10-8-7-9-11-21/h7-13,18H,3-6,14-17,19,24H2,1-2H3. The Balaban J connectivity index is 1.86. The molecule has 0 atom stereocenters. The molecule has 0 spiro atoms. The number of ether oxygens (including phenoxy) is 1. The summed E-state index contributed by atoms with van der Waals surface area (Å²) >= 11 is 0. The zero-order valence-electron chi connectivity index (χ0n) is 16.4. The first-order valence-electron chi connectivity index (χ1n) is 10.0. The summed E-state index contributed by atoms with van der Waals surface area (Å²) in [4.78, 5) is 2.59. The molecule has 2 aromatic carbocycles. The lowest BCUT2D eigenvalue weighted by Gasteiger charge is -2.22. The van der Waals surface area contributed by atoms with Crippen LogP contribution < -0.4 is 10.5 Å². The second-order valence-electron chi connectivity index (χ2n) is 6.95. The third kappa shape index (κ3) is 7.09. The van der Waals surface area contributed by atoms with Gasteiger partial charge in [0.2, 0.25) is 0 Å². The number of hydrogen-bond acceptors (Lipinski definition) is 3. The molecule has 0 aliphatic rings. The molecular weight excluding hydrogens is 320 g/mol. The van der Waals surface area contributed by atoms with E-state index < -0.39 is 0 Å². The van der Waals surface area contributed by atoms with Gasteiger partial charge in [-0.15, -0.1) is 0 Å². The van der Waals surface area contributed by atoms with Crippen LogP contribution in [0.1, 0.15) is 50.7 Å². The van der Waals surface area contributed by atoms with Crippen molar-refractivity contribution in [2.45, 2.75) is 52.6 Å². The van der Waals surface area contributed by atoms with Gasteiger partial charge in [-0.05, 0) is 55.6 Å². The first kappa shape index (κ1) is 20.3. The summed E-state index contributed by atoms with van der Waals surface area (Å²) in [6, 6.07) is 16.4. The van der Waals surface area contributed by atoms with E-state index in [4.69, 9.17) is 10.5 Å². The molecule has 26 heavy (non-hydrogen) atoms. The highest BCUT2D eigenvalue weighted by Gasteiger charge is 2.07. The Morgan fingerprint density at radius 3 is 2.15 bits per heavy atom. The van der Waals surface area contributed by atoms with Crippen LogP contribution in [-0.4, -0.2) is 24.5 Å². The normalized spacial score (nSPS) is 11.0. The Hall–Kier alpha value is -2.00. The van der Waals surface area contributed by atoms with Crippen LogP contribution in [0, 0.1) is 0 Å². The summed E-state index contributed by atoms with van der Waals surface area (Å²) in [5, 5.41) is 0. The second kappa shape index (κ2) is 11.6. The van der Waals surface area contributed by atoms with Gasteiger partial charge in [0.25, 0.3) is 0 Å². The fourth-order valence-electron chi connectivity index (χ4n) is 3.01. The maximum absolute atomic E-state index is 6.21. The molecule has 0 amide bonds. The van der Waals surface area contributed by atoms with Crippen molar-refractivity contribution in [3.63, 3.8) is 0 Å². The number of rotatable bonds is 12. The third-order valence-electron chi connectivity index (χ3n) is 4.68. The summed E-state index contributed by atoms with van der Waals surface area (Å²) in [7, 11) is 0. The highest BCUT2D eigenvalue weighted by atomic mass is 16.5. The van der Waals surface area contributed by atoms with E-state index in [0.29, 0.717) is 6.61 Å². The average Bonchev–Trinajstić information content (AvgIpc) is 2.67. The minimum Gasteiger partial charge on any atom is -0.487 e. The molecule has 2 N–H and O–H groups in total. The van der Waals surface area contributed by atoms with Gasteiger partial charge in [-0.25, -0.2) is 0 Å². The van der Waals surface area contributed by atoms with Crippen molar-refractivity contribution >= 4 is 5.69 Å². The fraction of sp³-hybridized carbons (Fsp3) is 0.478. The predicted octanol–water partition coefficient (Wildman–Crippen LogP) is 5.29. The summed E-state index contributed by atoms with van der Waals surface area (Å²) in [6.07, 6.45) is 6.10. The van der Waals surface area contributed by atoms with E-state index in [-0.39, 0.29) is 0 Å². The number of benzene rings is 2. The molecule has 3 heteroatoms. The van der Waals surface area contributed by atoms with Gasteiger partial charge in [0, 0.05) is 6.54 Å². The molecule has 0 radical (unpaired) electrons. The summed E-state index contributed by atoms with van der Waals surface area (Å²) in [6.45, 7) is 8.56. The maximum Gasteiger partial charge on any atom is 0.142 e. The van der Waals surface area contributed by atoms with E-state index >= 15 is 0 Å². The summed E-state index contributed by atoms with van der Waals surface area (Å²) < 4.78 is 5.87. The molecule has 0 saturated heterocycles. The average molecular weight is 355 g/mol. The van der Waals surface area contributed by atoms with Gasteiger partial charge in [0.15, 0.2) is 0 Å². The van der Waals surface area contributed by atoms with Crippen molar-refractivity contribution in [3.8, 4) is 5.75 Å². The highest BCUT2D eigenvalue weighted by Crippen LogP contribution is 2.24. The first-order chi connectivity index (χ1) is 12.7. The quantitative estimate of drug-likeness (QED) is 0.526. The predicted molar refractivity (Wildman–Crippen MR) is 112 cm³/mol. The number of nitrogens with two attached hydrogens (primary N) is 1. The van der Waals surface area contributed by atoms with Crippen LogP contribution in [-0.2, 0) is 13.0 Å². The van der Waals surface area contributed by atoms with Crippen molar-refractivity contribution in [2.24, 2.45) is 0 Å². The molecule has 0 heterocycles. The van der Waals surface area contributed by atoms with Crippen LogP contribution in [0.4, 0.5) is 5.69 Å². The minimum absolute atomic E-state index is 0.548. The smallest absolute Gasteiger partial charge is 0.142 e. The monoisotopic (exact) mass is 354 g/mol. The Kier molecular flexibility index (Phi) is 9.05. The van der Waals surface area contributed by atoms with Crippen LogP contribution >= 0.6 is 0 Å². The molecule has 3 nitrogen and oxygen atoms in total. The van der Waals surface area contributed by atoms with Crippen LogP contribution in [0.25, 0.3) is 0 Å². The number of nitrogens with zero attached hydrogens (tertiary/aromatic N) is 1. The zero-order valence-corrected chi connectivity index (χ0v) is 16.4. The van der Waals surface area contributed by atoms with Gasteiger partial charge in [-0.1, -0.05) is 63.1 Å². The zero-order chi connectivity index (χ0) is 18.6. The van der Waals surface area contributed by atoms with Crippen molar-refractivity contribution < 1.29 is 4.74 Å². The molecule has 0 aliphatic carbocycles. The van der Waals surface area contributed by atoms with Gasteiger partial charge >= 0.3 is 0 Å². The molecule has 0 aromatic heterocycles. The van der Waals surface area contributed by atoms with Gasteiger partial charge in [0.1, 0.15) is 12.4 Å². The topological polar surface area (TPSA) is 38.5 Å². The minimum atomic E-state index is 0.548. The Morgan fingerprint density at radius 2 is 1.54 bits per heavy atom. The lowest BCUT2D eigenvalue weighted by molar-refractivity contribution is 0.268. The van der Waals surface area contributed by atoms with Crippen LogP contribution in [0.15, 0.2) is 48.5 Å². The van der Waals surface area contributed by atoms with E-state index in [2.05, 4.69) is 43.0 Å². The van der Waals surface area contributed by atoms with Crippen LogP contribution in [0.2, 0.25) is 0 Å². The summed E-state index contributed by atoms with van der Waals surface area (Å²) in [5.41, 5.74) is 9.38. The molecule has 0 fully saturated rings. The number of hydrogen-bond donors (Lipinski definition) is 1. The van der Waals surface area contributed by atoms with E-state index in [1.54, 1.807) is 0 Å². The third-order valence-corrected chi connectivity index (χ3v) is 4.68. The van der Waals surface area contributed by atoms with Gasteiger partial charge in [0.05, 0.1) is 5.69 Å². The Labute approximate surface area is 159 Å². The van der Waals surface area contributed by atoms with E-state index in [1.807, 2.05) is 24.3 Å². The van der Waals surface area contributed by atoms with Crippen LogP contribution in [0.3, 0.4) is 0 Å². The molecule has 0 saturated carbocycles. The van der Waals surface area contributed by atoms with Crippen LogP contribution in [0.5, 0.6) is 5.75 Å². The molecule has 0 bridgehead atoms. The Morgan fingerprint density at radius 1 is 0.846 bits per heavy atom. The van der Waals surface area contributed by atoms with Crippen molar-refractivity contribution in [1.82, 2.24) is 4.90 Å². The second-order valence-corrected chi connectivity index (χ2v) is 6.95. The van der Waals surface area contributed by atoms with Crippen molar-refractivity contribution in [2.75, 3.05) is 25.4 Å². The molecule has 0 unspecified atom stereocenters. The molecule has 2 rings (SSSR count). The SMILES string of the molecule is CCCCN(CCCC)CCc1ccc(OCc2ccccc2)c(N)c1. The molecule has 0 aliphatic heterocycles. The fourth-order valence-corrected chi connectivity index (χ4v) is 3.01. The molecule has 2 aromatic rings. The maximum atomic E-state index is 6.21. The highest BCUT2D eigenvalue weighted by molar-refractivity contribution is 5.54. The molecule has 142 valence electrons. The first-order valence-corrected chi connectivity index (χ1v) is 10.0. The van der Waals surface area contributed by atoms with E-state index in [1.165, 1.54) is 44.3 Å². The van der Waals surface area contributed by atoms with E-state index in [9.17, 15) is 0 Å². The number of unbranched alkanes of at least 4 members (excludes halogenated alkanes) is 2. The lowest BCUT2D eigenvalue weighted by atomic mass is 10.1. The Bertz CT molecular complexity index is 619. The number of nitrogen functional groups attached to an aromatic ring is 1. The largest absolute Gasteiger partial charge is 0.487 e. The number of anilines is 1. The summed E-state index contributed by atoms with van der Waals surface area (Å²) in [5.74, 6) is 0.770. The van der Waals surface area contributed by atoms with Gasteiger partial charge in [-0.3, -0.25) is 0 Å². The van der Waals surface area contributed by atoms with Gasteiger partial charge in [-0.2, -0.15) is 0 Å². The van der Waals surface area contributed by atoms with Crippen molar-refractivity contribution in [3.05, 3.63) is 59.7 Å². The van der Waals surface area contributed by atoms with Gasteiger partial charge < -0.3 is 15.4 Å². The molecular formula is C23H34N2O. The van der Waals surface area contributed by atoms with E-state index in [0.717, 1.165) is 30.0 Å². The van der Waals surface area contributed by atoms with Crippen molar-refractivity contribution in [1.29, 1.82) is 0 Å². The lowest BCUT2D eigenvalue weighted by Crippen LogP contribution is -2.28.